The largest absolute Gasteiger partial charge is 0.312 e. The molecule has 4 aliphatic rings. The van der Waals surface area contributed by atoms with Gasteiger partial charge in [-0.15, -0.1) is 0 Å². The number of rotatable bonds is 6. The average Bonchev–Trinajstić information content (AvgIpc) is 3.45. The van der Waals surface area contributed by atoms with Gasteiger partial charge in [0, 0.05) is 50.4 Å². The van der Waals surface area contributed by atoms with Gasteiger partial charge in [0.05, 0.1) is 9.81 Å². The molecule has 0 aliphatic carbocycles. The molecule has 216 valence electrons. The lowest BCUT2D eigenvalue weighted by Gasteiger charge is -2.30. The lowest BCUT2D eigenvalue weighted by molar-refractivity contribution is -0.126. The van der Waals surface area contributed by atoms with Crippen molar-refractivity contribution in [1.29, 1.82) is 0 Å². The third kappa shape index (κ3) is 5.52. The zero-order valence-corrected chi connectivity index (χ0v) is 26.0. The summed E-state index contributed by atoms with van der Waals surface area (Å²) in [5.41, 5.74) is 4.14. The fourth-order valence-electron chi connectivity index (χ4n) is 5.73. The van der Waals surface area contributed by atoms with Crippen LogP contribution in [0, 0.1) is 0 Å². The highest BCUT2D eigenvalue weighted by Gasteiger charge is 2.42. The number of nitrogens with zero attached hydrogens (tertiary/aromatic N) is 4. The second-order valence-electron chi connectivity index (χ2n) is 10.4. The molecule has 0 spiro atoms. The third-order valence-electron chi connectivity index (χ3n) is 7.83. The number of para-hydroxylation sites is 2. The highest BCUT2D eigenvalue weighted by atomic mass is 32.2. The van der Waals surface area contributed by atoms with Crippen LogP contribution in [0.4, 0.5) is 11.4 Å². The predicted molar refractivity (Wildman–Crippen MR) is 174 cm³/mol. The first kappa shape index (κ1) is 29.0. The second-order valence-corrected chi connectivity index (χ2v) is 13.7. The maximum Gasteiger partial charge on any atom is 0.267 e. The molecule has 0 N–H and O–H groups in total. The van der Waals surface area contributed by atoms with Gasteiger partial charge in [-0.1, -0.05) is 84.4 Å². The maximum atomic E-state index is 13.4. The summed E-state index contributed by atoms with van der Waals surface area (Å²) in [6.07, 6.45) is 3.90. The molecule has 42 heavy (non-hydrogen) atoms. The summed E-state index contributed by atoms with van der Waals surface area (Å²) in [5.74, 6) is -0.913. The van der Waals surface area contributed by atoms with E-state index >= 15 is 0 Å². The minimum Gasteiger partial charge on any atom is -0.312 e. The summed E-state index contributed by atoms with van der Waals surface area (Å²) in [6, 6.07) is 15.8. The molecule has 2 saturated heterocycles. The van der Waals surface area contributed by atoms with Gasteiger partial charge in [0.25, 0.3) is 11.8 Å². The van der Waals surface area contributed by atoms with E-state index in [9.17, 15) is 19.2 Å². The molecule has 0 unspecified atom stereocenters. The predicted octanol–water partition coefficient (Wildman–Crippen LogP) is 4.66. The quantitative estimate of drug-likeness (QED) is 0.335. The fourth-order valence-corrected chi connectivity index (χ4v) is 8.50. The van der Waals surface area contributed by atoms with Gasteiger partial charge in [0.15, 0.2) is 0 Å². The van der Waals surface area contributed by atoms with E-state index in [0.717, 1.165) is 71.7 Å². The van der Waals surface area contributed by atoms with Crippen molar-refractivity contribution in [2.24, 2.45) is 0 Å². The Morgan fingerprint density at radius 3 is 1.50 bits per heavy atom. The SMILES string of the molecule is O=C1C(=C2SC(=S)N(CCC(=O)N3CCCc4ccccc43)C2=O)SC(=S)N1CCC(=O)N1CCCc2ccccc21. The summed E-state index contributed by atoms with van der Waals surface area (Å²) < 4.78 is 0.622. The van der Waals surface area contributed by atoms with E-state index in [1.807, 2.05) is 48.5 Å². The van der Waals surface area contributed by atoms with E-state index in [1.54, 1.807) is 9.80 Å². The van der Waals surface area contributed by atoms with Crippen LogP contribution in [0.2, 0.25) is 0 Å². The Labute approximate surface area is 263 Å². The molecule has 8 nitrogen and oxygen atoms in total. The average molecular weight is 637 g/mol. The van der Waals surface area contributed by atoms with Crippen molar-refractivity contribution in [3.63, 3.8) is 0 Å². The van der Waals surface area contributed by atoms with Crippen LogP contribution in [0.5, 0.6) is 0 Å². The Morgan fingerprint density at radius 2 is 1.07 bits per heavy atom. The molecule has 4 amide bonds. The Kier molecular flexibility index (Phi) is 8.49. The Balaban J connectivity index is 1.09. The molecule has 0 radical (unpaired) electrons. The summed E-state index contributed by atoms with van der Waals surface area (Å²) in [5, 5.41) is 0. The van der Waals surface area contributed by atoms with E-state index in [4.69, 9.17) is 24.4 Å². The minimum atomic E-state index is -0.390. The molecule has 4 heterocycles. The second kappa shape index (κ2) is 12.3. The number of amides is 4. The number of fused-ring (bicyclic) bond motifs is 2. The van der Waals surface area contributed by atoms with Gasteiger partial charge in [-0.2, -0.15) is 0 Å². The highest BCUT2D eigenvalue weighted by molar-refractivity contribution is 8.29. The van der Waals surface area contributed by atoms with Crippen molar-refractivity contribution < 1.29 is 19.2 Å². The van der Waals surface area contributed by atoms with Crippen LogP contribution >= 0.6 is 48.0 Å². The van der Waals surface area contributed by atoms with Crippen LogP contribution in [0.1, 0.15) is 36.8 Å². The molecule has 0 saturated carbocycles. The molecule has 0 atom stereocenters. The van der Waals surface area contributed by atoms with Crippen molar-refractivity contribution in [2.45, 2.75) is 38.5 Å². The van der Waals surface area contributed by atoms with E-state index in [-0.39, 0.29) is 47.6 Å². The number of benzene rings is 2. The Morgan fingerprint density at radius 1 is 0.667 bits per heavy atom. The molecular formula is C30H28N4O4S4. The topological polar surface area (TPSA) is 81.2 Å². The van der Waals surface area contributed by atoms with Crippen LogP contribution in [-0.4, -0.2) is 68.2 Å². The van der Waals surface area contributed by atoms with Gasteiger partial charge >= 0.3 is 0 Å². The molecule has 0 bridgehead atoms. The summed E-state index contributed by atoms with van der Waals surface area (Å²) in [7, 11) is 0. The lowest BCUT2D eigenvalue weighted by Crippen LogP contribution is -2.39. The van der Waals surface area contributed by atoms with Crippen molar-refractivity contribution in [1.82, 2.24) is 9.80 Å². The molecule has 12 heteroatoms. The number of hydrogen-bond donors (Lipinski definition) is 0. The molecule has 2 fully saturated rings. The zero-order chi connectivity index (χ0) is 29.4. The first-order valence-electron chi connectivity index (χ1n) is 13.9. The van der Waals surface area contributed by atoms with Crippen LogP contribution in [0.25, 0.3) is 0 Å². The van der Waals surface area contributed by atoms with Gasteiger partial charge in [0.1, 0.15) is 8.64 Å². The van der Waals surface area contributed by atoms with Crippen LogP contribution in [0.3, 0.4) is 0 Å². The van der Waals surface area contributed by atoms with Gasteiger partial charge < -0.3 is 9.80 Å². The summed E-state index contributed by atoms with van der Waals surface area (Å²) in [4.78, 5) is 59.8. The smallest absolute Gasteiger partial charge is 0.267 e. The minimum absolute atomic E-state index is 0.0662. The zero-order valence-electron chi connectivity index (χ0n) is 22.7. The molecule has 6 rings (SSSR count). The van der Waals surface area contributed by atoms with E-state index in [2.05, 4.69) is 0 Å². The Hall–Kier alpha value is -3.06. The van der Waals surface area contributed by atoms with Gasteiger partial charge in [-0.25, -0.2) is 0 Å². The van der Waals surface area contributed by atoms with E-state index in [1.165, 1.54) is 9.80 Å². The third-order valence-corrected chi connectivity index (χ3v) is 10.9. The molecule has 2 aromatic rings. The number of thiocarbonyl (C=S) groups is 2. The Bertz CT molecular complexity index is 1440. The monoisotopic (exact) mass is 636 g/mol. The fraction of sp³-hybridized carbons (Fsp3) is 0.333. The van der Waals surface area contributed by atoms with E-state index in [0.29, 0.717) is 21.7 Å². The first-order valence-corrected chi connectivity index (χ1v) is 16.4. The molecule has 0 aromatic heterocycles. The van der Waals surface area contributed by atoms with Crippen molar-refractivity contribution in [3.8, 4) is 0 Å². The van der Waals surface area contributed by atoms with Crippen LogP contribution in [-0.2, 0) is 32.0 Å². The normalized spacial score (nSPS) is 20.4. The number of hydrogen-bond acceptors (Lipinski definition) is 8. The summed E-state index contributed by atoms with van der Waals surface area (Å²) in [6.45, 7) is 1.56. The van der Waals surface area contributed by atoms with E-state index < -0.39 is 11.8 Å². The highest BCUT2D eigenvalue weighted by Crippen LogP contribution is 2.42. The molecule has 2 aromatic carbocycles. The van der Waals surface area contributed by atoms with Crippen molar-refractivity contribution in [3.05, 3.63) is 69.5 Å². The van der Waals surface area contributed by atoms with Crippen LogP contribution in [0.15, 0.2) is 58.3 Å². The number of aryl methyl sites for hydroxylation is 2. The molecule has 4 aliphatic heterocycles. The number of thioether (sulfide) groups is 2. The molecular weight excluding hydrogens is 609 g/mol. The van der Waals surface area contributed by atoms with Crippen molar-refractivity contribution >= 4 is 91.6 Å². The number of carbonyl (C=O) groups excluding carboxylic acids is 4. The standard InChI is InChI=1S/C30H28N4O4S4/c35-23(31-15-5-9-19-7-1-3-11-21(19)31)13-17-33-27(37)25(41-29(33)39)26-28(38)34(30(40)42-26)18-14-24(36)32-16-6-10-20-8-2-4-12-22(20)32/h1-4,7-8,11-12H,5-6,9-10,13-18H2. The maximum absolute atomic E-state index is 13.4. The van der Waals surface area contributed by atoms with Gasteiger partial charge in [-0.3, -0.25) is 29.0 Å². The number of carbonyl (C=O) groups is 4. The lowest BCUT2D eigenvalue weighted by atomic mass is 10.0. The van der Waals surface area contributed by atoms with Gasteiger partial charge in [-0.05, 0) is 48.9 Å². The van der Waals surface area contributed by atoms with Crippen molar-refractivity contribution in [2.75, 3.05) is 36.0 Å². The first-order chi connectivity index (χ1) is 20.3. The van der Waals surface area contributed by atoms with Gasteiger partial charge in [0.2, 0.25) is 11.8 Å². The van der Waals surface area contributed by atoms with Crippen LogP contribution < -0.4 is 9.80 Å². The number of anilines is 2. The summed E-state index contributed by atoms with van der Waals surface area (Å²) >= 11 is 13.1.